The molecular formula is C10H15ClN4O. The molecule has 0 spiro atoms. The molecule has 0 aliphatic heterocycles. The number of carbonyl (C=O) groups is 1. The second-order valence-electron chi connectivity index (χ2n) is 3.44. The normalized spacial score (nSPS) is 10.1. The van der Waals surface area contributed by atoms with Gasteiger partial charge < -0.3 is 16.8 Å². The molecule has 1 aromatic heterocycles. The topological polar surface area (TPSA) is 94.0 Å². The summed E-state index contributed by atoms with van der Waals surface area (Å²) in [4.78, 5) is 14.5. The van der Waals surface area contributed by atoms with Gasteiger partial charge in [-0.25, -0.2) is 4.98 Å². The molecule has 16 heavy (non-hydrogen) atoms. The van der Waals surface area contributed by atoms with E-state index in [9.17, 15) is 4.79 Å². The third-order valence-electron chi connectivity index (χ3n) is 2.03. The highest BCUT2D eigenvalue weighted by atomic mass is 35.5. The summed E-state index contributed by atoms with van der Waals surface area (Å²) in [5.41, 5.74) is 11.2. The van der Waals surface area contributed by atoms with Crippen LogP contribution in [0.4, 0.5) is 11.5 Å². The lowest BCUT2D eigenvalue weighted by Crippen LogP contribution is -2.11. The van der Waals surface area contributed by atoms with Crippen molar-refractivity contribution in [3.05, 3.63) is 17.3 Å². The van der Waals surface area contributed by atoms with E-state index in [4.69, 9.17) is 23.1 Å². The van der Waals surface area contributed by atoms with E-state index in [-0.39, 0.29) is 5.91 Å². The van der Waals surface area contributed by atoms with Crippen molar-refractivity contribution in [3.8, 4) is 0 Å². The number of primary amides is 1. The Labute approximate surface area is 99.2 Å². The van der Waals surface area contributed by atoms with Crippen LogP contribution in [0.5, 0.6) is 0 Å². The Morgan fingerprint density at radius 2 is 2.25 bits per heavy atom. The van der Waals surface area contributed by atoms with Crippen LogP contribution in [-0.4, -0.2) is 17.4 Å². The Hall–Kier alpha value is -1.49. The van der Waals surface area contributed by atoms with Gasteiger partial charge in [-0.15, -0.1) is 0 Å². The molecule has 0 saturated carbocycles. The minimum Gasteiger partial charge on any atom is -0.396 e. The SMILES string of the molecule is NC(=O)CCCCNc1ncc(Cl)cc1N. The molecule has 1 heterocycles. The Bertz CT molecular complexity index is 370. The van der Waals surface area contributed by atoms with Crippen LogP contribution in [0.15, 0.2) is 12.3 Å². The molecule has 5 nitrogen and oxygen atoms in total. The zero-order valence-corrected chi connectivity index (χ0v) is 9.63. The third kappa shape index (κ3) is 4.35. The number of pyridine rings is 1. The summed E-state index contributed by atoms with van der Waals surface area (Å²) in [5.74, 6) is 0.340. The summed E-state index contributed by atoms with van der Waals surface area (Å²) < 4.78 is 0. The number of carbonyl (C=O) groups excluding carboxylic acids is 1. The number of nitrogens with one attached hydrogen (secondary N) is 1. The van der Waals surface area contributed by atoms with Crippen molar-refractivity contribution < 1.29 is 4.79 Å². The van der Waals surface area contributed by atoms with Crippen molar-refractivity contribution >= 4 is 29.0 Å². The molecule has 0 unspecified atom stereocenters. The molecule has 5 N–H and O–H groups in total. The summed E-state index contributed by atoms with van der Waals surface area (Å²) in [6.45, 7) is 0.701. The minimum atomic E-state index is -0.274. The van der Waals surface area contributed by atoms with Crippen molar-refractivity contribution in [2.75, 3.05) is 17.6 Å². The van der Waals surface area contributed by atoms with Gasteiger partial charge in [0.05, 0.1) is 10.7 Å². The van der Waals surface area contributed by atoms with E-state index < -0.39 is 0 Å². The quantitative estimate of drug-likeness (QED) is 0.657. The molecular weight excluding hydrogens is 228 g/mol. The largest absolute Gasteiger partial charge is 0.396 e. The Morgan fingerprint density at radius 3 is 2.88 bits per heavy atom. The number of unbranched alkanes of at least 4 members (excludes halogenated alkanes) is 1. The fraction of sp³-hybridized carbons (Fsp3) is 0.400. The number of hydrogen-bond acceptors (Lipinski definition) is 4. The number of amides is 1. The van der Waals surface area contributed by atoms with Crippen molar-refractivity contribution in [2.24, 2.45) is 5.73 Å². The van der Waals surface area contributed by atoms with Gasteiger partial charge in [0, 0.05) is 19.2 Å². The first-order valence-electron chi connectivity index (χ1n) is 5.03. The number of aromatic nitrogens is 1. The summed E-state index contributed by atoms with van der Waals surface area (Å²) in [5, 5.41) is 3.58. The average molecular weight is 243 g/mol. The fourth-order valence-corrected chi connectivity index (χ4v) is 1.40. The summed E-state index contributed by atoms with van der Waals surface area (Å²) in [6.07, 6.45) is 3.54. The van der Waals surface area contributed by atoms with Crippen LogP contribution in [-0.2, 0) is 4.79 Å². The number of anilines is 2. The van der Waals surface area contributed by atoms with Crippen molar-refractivity contribution in [1.82, 2.24) is 4.98 Å². The zero-order chi connectivity index (χ0) is 12.0. The van der Waals surface area contributed by atoms with E-state index in [0.29, 0.717) is 29.5 Å². The van der Waals surface area contributed by atoms with Crippen molar-refractivity contribution in [1.29, 1.82) is 0 Å². The van der Waals surface area contributed by atoms with Crippen LogP contribution in [0.1, 0.15) is 19.3 Å². The summed E-state index contributed by atoms with van der Waals surface area (Å²) in [7, 11) is 0. The van der Waals surface area contributed by atoms with Crippen LogP contribution in [0.3, 0.4) is 0 Å². The highest BCUT2D eigenvalue weighted by Gasteiger charge is 2.00. The number of halogens is 1. The predicted octanol–water partition coefficient (Wildman–Crippen LogP) is 1.38. The van der Waals surface area contributed by atoms with Crippen LogP contribution >= 0.6 is 11.6 Å². The predicted molar refractivity (Wildman–Crippen MR) is 65.2 cm³/mol. The van der Waals surface area contributed by atoms with Gasteiger partial charge in [-0.1, -0.05) is 11.6 Å². The maximum Gasteiger partial charge on any atom is 0.217 e. The maximum absolute atomic E-state index is 10.5. The molecule has 0 aliphatic carbocycles. The molecule has 6 heteroatoms. The summed E-state index contributed by atoms with van der Waals surface area (Å²) in [6, 6.07) is 1.64. The van der Waals surface area contributed by atoms with Crippen molar-refractivity contribution in [3.63, 3.8) is 0 Å². The first-order valence-corrected chi connectivity index (χ1v) is 5.40. The minimum absolute atomic E-state index is 0.274. The molecule has 0 saturated heterocycles. The molecule has 88 valence electrons. The van der Waals surface area contributed by atoms with E-state index >= 15 is 0 Å². The molecule has 0 radical (unpaired) electrons. The van der Waals surface area contributed by atoms with Gasteiger partial charge in [0.1, 0.15) is 5.82 Å². The van der Waals surface area contributed by atoms with Gasteiger partial charge >= 0.3 is 0 Å². The second kappa shape index (κ2) is 6.17. The number of rotatable bonds is 6. The third-order valence-corrected chi connectivity index (χ3v) is 2.23. The molecule has 0 bridgehead atoms. The summed E-state index contributed by atoms with van der Waals surface area (Å²) >= 11 is 5.71. The highest BCUT2D eigenvalue weighted by molar-refractivity contribution is 6.30. The molecule has 1 aromatic rings. The van der Waals surface area contributed by atoms with Gasteiger partial charge in [-0.2, -0.15) is 0 Å². The van der Waals surface area contributed by atoms with Crippen LogP contribution in [0, 0.1) is 0 Å². The maximum atomic E-state index is 10.5. The lowest BCUT2D eigenvalue weighted by molar-refractivity contribution is -0.118. The van der Waals surface area contributed by atoms with Crippen molar-refractivity contribution in [2.45, 2.75) is 19.3 Å². The molecule has 1 amide bonds. The Morgan fingerprint density at radius 1 is 1.50 bits per heavy atom. The molecule has 1 rings (SSSR count). The van der Waals surface area contributed by atoms with Gasteiger partial charge in [0.25, 0.3) is 0 Å². The molecule has 0 aliphatic rings. The van der Waals surface area contributed by atoms with Crippen LogP contribution in [0.2, 0.25) is 5.02 Å². The van der Waals surface area contributed by atoms with E-state index in [2.05, 4.69) is 10.3 Å². The van der Waals surface area contributed by atoms with Crippen LogP contribution in [0.25, 0.3) is 0 Å². The second-order valence-corrected chi connectivity index (χ2v) is 3.88. The standard InChI is InChI=1S/C10H15ClN4O/c11-7-5-8(12)10(15-6-7)14-4-2-1-3-9(13)16/h5-6H,1-4,12H2,(H2,13,16)(H,14,15). The van der Waals surface area contributed by atoms with Gasteiger partial charge in [0.2, 0.25) is 5.91 Å². The molecule has 0 fully saturated rings. The van der Waals surface area contributed by atoms with Gasteiger partial charge in [0.15, 0.2) is 0 Å². The first-order chi connectivity index (χ1) is 7.59. The smallest absolute Gasteiger partial charge is 0.217 e. The van der Waals surface area contributed by atoms with Crippen LogP contribution < -0.4 is 16.8 Å². The number of nitrogens with two attached hydrogens (primary N) is 2. The molecule has 0 atom stereocenters. The Balaban J connectivity index is 2.29. The van der Waals surface area contributed by atoms with E-state index in [1.165, 1.54) is 6.20 Å². The molecule has 0 aromatic carbocycles. The van der Waals surface area contributed by atoms with Gasteiger partial charge in [-0.05, 0) is 18.9 Å². The number of hydrogen-bond donors (Lipinski definition) is 3. The van der Waals surface area contributed by atoms with E-state index in [0.717, 1.165) is 12.8 Å². The lowest BCUT2D eigenvalue weighted by Gasteiger charge is -2.07. The Kier molecular flexibility index (Phi) is 4.85. The highest BCUT2D eigenvalue weighted by Crippen LogP contribution is 2.19. The fourth-order valence-electron chi connectivity index (χ4n) is 1.23. The van der Waals surface area contributed by atoms with Gasteiger partial charge in [-0.3, -0.25) is 4.79 Å². The van der Waals surface area contributed by atoms with E-state index in [1.807, 2.05) is 0 Å². The number of nitrogens with zero attached hydrogens (tertiary/aromatic N) is 1. The first kappa shape index (κ1) is 12.6. The zero-order valence-electron chi connectivity index (χ0n) is 8.87. The van der Waals surface area contributed by atoms with E-state index in [1.54, 1.807) is 6.07 Å². The monoisotopic (exact) mass is 242 g/mol. The number of nitrogen functional groups attached to an aromatic ring is 1. The lowest BCUT2D eigenvalue weighted by atomic mass is 10.2. The average Bonchev–Trinajstić information content (AvgIpc) is 2.20.